The van der Waals surface area contributed by atoms with Gasteiger partial charge in [0.1, 0.15) is 5.76 Å². The average molecular weight is 129 g/mol. The number of hydrogen-bond acceptors (Lipinski definition) is 4. The molecule has 0 saturated heterocycles. The van der Waals surface area contributed by atoms with Crippen molar-refractivity contribution in [3.05, 3.63) is 16.4 Å². The molecular formula is C5H7NO3. The molecule has 0 aliphatic heterocycles. The van der Waals surface area contributed by atoms with Crippen LogP contribution < -0.4 is 0 Å². The Hall–Kier alpha value is -1.19. The average Bonchev–Trinajstić information content (AvgIpc) is 1.64. The topological polar surface area (TPSA) is 66.7 Å². The first kappa shape index (κ1) is 7.81. The van der Waals surface area contributed by atoms with Gasteiger partial charge in [0.2, 0.25) is 0 Å². The number of Topliss-reactive ketones (excluding diaryl/α,β-unsaturated/α-hetero) is 1. The quantitative estimate of drug-likeness (QED) is 0.345. The van der Waals surface area contributed by atoms with E-state index in [2.05, 4.69) is 5.18 Å². The van der Waals surface area contributed by atoms with Crippen LogP contribution in [0.1, 0.15) is 13.8 Å². The van der Waals surface area contributed by atoms with Gasteiger partial charge >= 0.3 is 0 Å². The summed E-state index contributed by atoms with van der Waals surface area (Å²) in [5.41, 5.74) is -0.407. The Labute approximate surface area is 52.2 Å². The highest BCUT2D eigenvalue weighted by atomic mass is 16.3. The fourth-order valence-electron chi connectivity index (χ4n) is 0.385. The minimum Gasteiger partial charge on any atom is -0.510 e. The fourth-order valence-corrected chi connectivity index (χ4v) is 0.385. The van der Waals surface area contributed by atoms with Crippen LogP contribution in [0.3, 0.4) is 0 Å². The Balaban J connectivity index is 4.55. The van der Waals surface area contributed by atoms with Crippen molar-refractivity contribution in [1.29, 1.82) is 0 Å². The lowest BCUT2D eigenvalue weighted by molar-refractivity contribution is -0.113. The van der Waals surface area contributed by atoms with Crippen LogP contribution in [-0.2, 0) is 4.79 Å². The van der Waals surface area contributed by atoms with E-state index in [1.165, 1.54) is 6.92 Å². The van der Waals surface area contributed by atoms with Crippen molar-refractivity contribution < 1.29 is 9.90 Å². The van der Waals surface area contributed by atoms with Crippen molar-refractivity contribution in [3.63, 3.8) is 0 Å². The van der Waals surface area contributed by atoms with Gasteiger partial charge in [-0.2, -0.15) is 0 Å². The predicted octanol–water partition coefficient (Wildman–Crippen LogP) is 1.13. The Morgan fingerprint density at radius 2 is 1.89 bits per heavy atom. The third-order valence-corrected chi connectivity index (χ3v) is 0.767. The number of nitrogens with zero attached hydrogens (tertiary/aromatic N) is 1. The summed E-state index contributed by atoms with van der Waals surface area (Å²) in [4.78, 5) is 20.0. The minimum atomic E-state index is -0.523. The smallest absolute Gasteiger partial charge is 0.187 e. The summed E-state index contributed by atoms with van der Waals surface area (Å²) in [6.07, 6.45) is 0. The molecule has 0 amide bonds. The molecule has 0 aliphatic carbocycles. The second-order valence-electron chi connectivity index (χ2n) is 1.58. The summed E-state index contributed by atoms with van der Waals surface area (Å²) in [7, 11) is 0. The Morgan fingerprint density at radius 3 is 1.89 bits per heavy atom. The monoisotopic (exact) mass is 129 g/mol. The first-order valence-corrected chi connectivity index (χ1v) is 2.33. The molecule has 1 N–H and O–H groups in total. The molecule has 0 aliphatic rings. The standard InChI is InChI=1S/C5H7NO3/c1-3(7)5(6-9)4(2)8/h7H,1-2H3/b5-3-. The van der Waals surface area contributed by atoms with Crippen LogP contribution >= 0.6 is 0 Å². The summed E-state index contributed by atoms with van der Waals surface area (Å²) in [5, 5.41) is 10.9. The number of nitroso groups, excluding NO2 is 1. The number of aliphatic hydroxyl groups excluding tert-OH is 1. The SMILES string of the molecule is CC(=O)/C(N=O)=C(\C)O. The Kier molecular flexibility index (Phi) is 2.57. The lowest BCUT2D eigenvalue weighted by Crippen LogP contribution is -1.95. The predicted molar refractivity (Wildman–Crippen MR) is 31.8 cm³/mol. The van der Waals surface area contributed by atoms with Gasteiger partial charge in [0.15, 0.2) is 11.5 Å². The number of aliphatic hydroxyl groups is 1. The fraction of sp³-hybridized carbons (Fsp3) is 0.400. The summed E-state index contributed by atoms with van der Waals surface area (Å²) in [6, 6.07) is 0. The van der Waals surface area contributed by atoms with Crippen LogP contribution in [0.15, 0.2) is 16.6 Å². The van der Waals surface area contributed by atoms with Crippen LogP contribution in [-0.4, -0.2) is 10.9 Å². The van der Waals surface area contributed by atoms with Crippen LogP contribution in [0, 0.1) is 4.91 Å². The second-order valence-corrected chi connectivity index (χ2v) is 1.58. The highest BCUT2D eigenvalue weighted by Gasteiger charge is 2.06. The van der Waals surface area contributed by atoms with E-state index in [1.54, 1.807) is 0 Å². The number of carbonyl (C=O) groups excluding carboxylic acids is 1. The molecule has 0 aromatic heterocycles. The van der Waals surface area contributed by atoms with Crippen molar-refractivity contribution >= 4 is 5.78 Å². The van der Waals surface area contributed by atoms with Crippen molar-refractivity contribution in [2.45, 2.75) is 13.8 Å². The maximum Gasteiger partial charge on any atom is 0.187 e. The molecule has 0 heterocycles. The zero-order chi connectivity index (χ0) is 7.44. The molecule has 0 unspecified atom stereocenters. The first-order valence-electron chi connectivity index (χ1n) is 2.33. The molecule has 0 radical (unpaired) electrons. The number of carbonyl (C=O) groups is 1. The number of ketones is 1. The zero-order valence-corrected chi connectivity index (χ0v) is 5.21. The van der Waals surface area contributed by atoms with Gasteiger partial charge in [0.25, 0.3) is 0 Å². The summed E-state index contributed by atoms with van der Waals surface area (Å²) in [6.45, 7) is 2.40. The highest BCUT2D eigenvalue weighted by molar-refractivity contribution is 5.93. The molecule has 0 saturated carbocycles. The van der Waals surface area contributed by atoms with Gasteiger partial charge in [-0.15, -0.1) is 4.91 Å². The number of allylic oxidation sites excluding steroid dienone is 2. The second kappa shape index (κ2) is 2.96. The first-order chi connectivity index (χ1) is 4.09. The van der Waals surface area contributed by atoms with E-state index in [-0.39, 0.29) is 5.76 Å². The summed E-state index contributed by atoms with van der Waals surface area (Å²) in [5.74, 6) is -0.859. The van der Waals surface area contributed by atoms with E-state index in [9.17, 15) is 9.70 Å². The van der Waals surface area contributed by atoms with E-state index in [4.69, 9.17) is 5.11 Å². The molecule has 4 heteroatoms. The van der Waals surface area contributed by atoms with E-state index < -0.39 is 11.5 Å². The maximum absolute atomic E-state index is 10.3. The molecule has 50 valence electrons. The molecule has 0 spiro atoms. The van der Waals surface area contributed by atoms with Crippen molar-refractivity contribution in [3.8, 4) is 0 Å². The normalized spacial score (nSPS) is 12.2. The molecule has 0 aromatic carbocycles. The van der Waals surface area contributed by atoms with E-state index in [0.717, 1.165) is 6.92 Å². The van der Waals surface area contributed by atoms with E-state index >= 15 is 0 Å². The highest BCUT2D eigenvalue weighted by Crippen LogP contribution is 2.02. The van der Waals surface area contributed by atoms with Crippen molar-refractivity contribution in [1.82, 2.24) is 0 Å². The number of rotatable bonds is 2. The molecule has 0 atom stereocenters. The van der Waals surface area contributed by atoms with Crippen LogP contribution in [0.5, 0.6) is 0 Å². The van der Waals surface area contributed by atoms with Crippen molar-refractivity contribution in [2.24, 2.45) is 5.18 Å². The van der Waals surface area contributed by atoms with Gasteiger partial charge in [-0.05, 0) is 12.1 Å². The molecular weight excluding hydrogens is 122 g/mol. The van der Waals surface area contributed by atoms with Crippen LogP contribution in [0.25, 0.3) is 0 Å². The molecule has 9 heavy (non-hydrogen) atoms. The van der Waals surface area contributed by atoms with Gasteiger partial charge < -0.3 is 5.11 Å². The largest absolute Gasteiger partial charge is 0.510 e. The third-order valence-electron chi connectivity index (χ3n) is 0.767. The molecule has 0 bridgehead atoms. The molecule has 0 aromatic rings. The van der Waals surface area contributed by atoms with E-state index in [0.29, 0.717) is 0 Å². The summed E-state index contributed by atoms with van der Waals surface area (Å²) >= 11 is 0. The van der Waals surface area contributed by atoms with Gasteiger partial charge in [-0.3, -0.25) is 4.79 Å². The van der Waals surface area contributed by atoms with Crippen molar-refractivity contribution in [2.75, 3.05) is 0 Å². The minimum absolute atomic E-state index is 0.336. The Morgan fingerprint density at radius 1 is 1.44 bits per heavy atom. The maximum atomic E-state index is 10.3. The molecule has 0 fully saturated rings. The van der Waals surface area contributed by atoms with Crippen LogP contribution in [0.2, 0.25) is 0 Å². The Bertz CT molecular complexity index is 167. The third kappa shape index (κ3) is 2.03. The van der Waals surface area contributed by atoms with Gasteiger partial charge in [0, 0.05) is 6.92 Å². The lowest BCUT2D eigenvalue weighted by atomic mass is 10.3. The summed E-state index contributed by atoms with van der Waals surface area (Å²) < 4.78 is 0. The van der Waals surface area contributed by atoms with Crippen LogP contribution in [0.4, 0.5) is 0 Å². The molecule has 0 rings (SSSR count). The number of hydrogen-bond donors (Lipinski definition) is 1. The van der Waals surface area contributed by atoms with Gasteiger partial charge in [-0.25, -0.2) is 0 Å². The zero-order valence-electron chi connectivity index (χ0n) is 5.21. The van der Waals surface area contributed by atoms with Gasteiger partial charge in [0.05, 0.1) is 0 Å². The lowest BCUT2D eigenvalue weighted by Gasteiger charge is -1.90. The van der Waals surface area contributed by atoms with E-state index in [1.807, 2.05) is 0 Å². The molecule has 4 nitrogen and oxygen atoms in total. The van der Waals surface area contributed by atoms with Gasteiger partial charge in [-0.1, -0.05) is 0 Å².